The number of halogens is 5. The fourth-order valence-corrected chi connectivity index (χ4v) is 9.42. The molecule has 0 aliphatic rings. The summed E-state index contributed by atoms with van der Waals surface area (Å²) in [4.78, 5) is 33.8. The van der Waals surface area contributed by atoms with E-state index >= 15 is 0 Å². The van der Waals surface area contributed by atoms with Crippen LogP contribution in [0.3, 0.4) is 0 Å². The molecule has 7 rings (SSSR count). The second-order valence-corrected chi connectivity index (χ2v) is 24.7. The number of nitrogens with zero attached hydrogens (tertiary/aromatic N) is 4. The zero-order valence-corrected chi connectivity index (χ0v) is 63.8. The minimum atomic E-state index is -0.905. The number of carboxylic acid groups (broad SMARTS) is 1. The van der Waals surface area contributed by atoms with Crippen LogP contribution >= 0.6 is 46.4 Å². The van der Waals surface area contributed by atoms with Gasteiger partial charge in [-0.15, -0.1) is 17.8 Å². The fraction of sp³-hybridized carbons (Fsp3) is 0.329. The largest absolute Gasteiger partial charge is 0.508 e. The number of rotatable bonds is 31. The molecule has 0 aliphatic heterocycles. The zero-order valence-electron chi connectivity index (χ0n) is 60.8. The van der Waals surface area contributed by atoms with Crippen LogP contribution < -0.4 is 23.7 Å². The monoisotopic (exact) mass is 1590 g/mol. The van der Waals surface area contributed by atoms with Crippen LogP contribution in [0.5, 0.6) is 34.5 Å². The summed E-state index contributed by atoms with van der Waals surface area (Å²) in [6, 6.07) is 46.7. The van der Waals surface area contributed by atoms with Gasteiger partial charge in [-0.25, -0.2) is 4.39 Å². The number of aliphatic carboxylic acids is 1. The number of esters is 2. The fourth-order valence-electron chi connectivity index (χ4n) is 8.58. The van der Waals surface area contributed by atoms with E-state index in [2.05, 4.69) is 40.3 Å². The van der Waals surface area contributed by atoms with Gasteiger partial charge in [0.1, 0.15) is 64.6 Å². The van der Waals surface area contributed by atoms with Crippen LogP contribution in [0.1, 0.15) is 96.7 Å². The van der Waals surface area contributed by atoms with Gasteiger partial charge in [-0.05, 0) is 128 Å². The minimum absolute atomic E-state index is 0.0651. The SMILES string of the molecule is CC#CC(CC(=O)O)c1ccc(OCC(CO)COc2ccc(C#N)c(Cl)c2)cc1.CC#CC(CC(=O)OC)c1ccc(O)cc1.CC#CC(CC(=O)OC)c1ccc(OCC(CO)COc2ccc(C#N)c(Cl)c2)cc1.N#Cc1ccc(F)cc1Cl.N#Cc1ccc(OCC(CO)CO)cc1Cl.OCC(CO)CO. The molecule has 5 atom stereocenters. The van der Waals surface area contributed by atoms with E-state index < -0.39 is 11.8 Å². The van der Waals surface area contributed by atoms with Gasteiger partial charge in [-0.3, -0.25) is 14.4 Å². The quantitative estimate of drug-likeness (QED) is 0.0144. The first-order valence-corrected chi connectivity index (χ1v) is 34.9. The van der Waals surface area contributed by atoms with Crippen LogP contribution in [0.25, 0.3) is 0 Å². The molecule has 0 amide bonds. The van der Waals surface area contributed by atoms with Crippen molar-refractivity contribution in [1.82, 2.24) is 0 Å². The molecule has 0 heterocycles. The Balaban J connectivity index is 0.000000478. The van der Waals surface area contributed by atoms with Crippen LogP contribution in [-0.4, -0.2) is 157 Å². The van der Waals surface area contributed by atoms with Crippen molar-refractivity contribution in [2.45, 2.75) is 57.8 Å². The highest BCUT2D eigenvalue weighted by atomic mass is 35.5. The molecule has 110 heavy (non-hydrogen) atoms. The third-order valence-electron chi connectivity index (χ3n) is 14.9. The highest BCUT2D eigenvalue weighted by Gasteiger charge is 2.19. The first kappa shape index (κ1) is 95.3. The summed E-state index contributed by atoms with van der Waals surface area (Å²) < 4.78 is 49.7. The Morgan fingerprint density at radius 2 is 0.645 bits per heavy atom. The van der Waals surface area contributed by atoms with Crippen molar-refractivity contribution in [3.63, 3.8) is 0 Å². The maximum Gasteiger partial charge on any atom is 0.307 e. The Kier molecular flexibility index (Phi) is 48.1. The third kappa shape index (κ3) is 37.3. The third-order valence-corrected chi connectivity index (χ3v) is 16.1. The second-order valence-electron chi connectivity index (χ2n) is 23.0. The molecule has 0 saturated carbocycles. The molecule has 28 heteroatoms. The number of methoxy groups -OCH3 is 2. The zero-order chi connectivity index (χ0) is 81.8. The summed E-state index contributed by atoms with van der Waals surface area (Å²) in [5.41, 5.74) is 4.02. The molecular weight excluding hydrogens is 1510 g/mol. The van der Waals surface area contributed by atoms with Gasteiger partial charge in [0.05, 0.1) is 185 Å². The lowest BCUT2D eigenvalue weighted by atomic mass is 9.96. The van der Waals surface area contributed by atoms with Gasteiger partial charge < -0.3 is 79.1 Å². The summed E-state index contributed by atoms with van der Waals surface area (Å²) in [7, 11) is 2.71. The number of nitriles is 4. The van der Waals surface area contributed by atoms with Gasteiger partial charge in [-0.1, -0.05) is 101 Å². The molecule has 9 N–H and O–H groups in total. The standard InChI is InChI=1S/C24H24ClNO5.C23H22ClNO5.C13H14O3.C11H12ClNO3.C7H3ClFN.C4H10O3/c1-3-4-19(11-24(28)29-2)18-5-8-21(9-6-18)30-15-17(14-27)16-31-22-10-7-20(13-26)23(25)12-22;1-2-3-18(10-23(27)28)17-4-7-20(8-5-17)29-14-16(13-26)15-30-21-9-6-19(12-25)22(24)11-21;1-3-4-11(9-13(15)16-2)10-5-7-12(14)8-6-10;12-11-3-10(2-1-9(11)4-13)16-7-8(5-14)6-15;8-7-3-6(9)2-1-5(7)4-10;5-1-4(2-6)3-7/h5-10,12,17,19,27H,11,14-16H2,1-2H3;4-9,11,16,18,26H,10,13-15H2,1H3,(H,27,28);5-8,11,14H,9H2,1-2H3;1-3,8,14-15H,5-7H2;1-3H;4-7H,1-3H2. The number of hydrogen-bond acceptors (Lipinski definition) is 22. The van der Waals surface area contributed by atoms with Crippen molar-refractivity contribution in [1.29, 1.82) is 21.0 Å². The molecule has 5 unspecified atom stereocenters. The second kappa shape index (κ2) is 55.6. The van der Waals surface area contributed by atoms with Gasteiger partial charge >= 0.3 is 17.9 Å². The summed E-state index contributed by atoms with van der Waals surface area (Å²) in [6.45, 7) is 5.29. The summed E-state index contributed by atoms with van der Waals surface area (Å²) in [5.74, 6) is 16.3. The summed E-state index contributed by atoms with van der Waals surface area (Å²) in [6.07, 6.45) is 0.341. The van der Waals surface area contributed by atoms with Crippen LogP contribution in [-0.2, 0) is 23.9 Å². The Hall–Kier alpha value is -10.8. The molecule has 0 aliphatic carbocycles. The first-order valence-electron chi connectivity index (χ1n) is 33.4. The van der Waals surface area contributed by atoms with E-state index in [1.807, 2.05) is 36.4 Å². The van der Waals surface area contributed by atoms with E-state index in [0.717, 1.165) is 22.8 Å². The molecule has 582 valence electrons. The molecular formula is C82H85Cl4FN4O19. The van der Waals surface area contributed by atoms with Gasteiger partial charge in [0.25, 0.3) is 0 Å². The van der Waals surface area contributed by atoms with Crippen LogP contribution in [0, 0.1) is 110 Å². The Labute approximate surface area is 659 Å². The van der Waals surface area contributed by atoms with E-state index in [1.54, 1.807) is 130 Å². The van der Waals surface area contributed by atoms with E-state index in [1.165, 1.54) is 32.4 Å². The molecule has 0 aromatic heterocycles. The maximum absolute atomic E-state index is 12.3. The highest BCUT2D eigenvalue weighted by molar-refractivity contribution is 6.32. The molecule has 0 radical (unpaired) electrons. The number of benzene rings is 7. The van der Waals surface area contributed by atoms with Gasteiger partial charge in [-0.2, -0.15) is 21.0 Å². The van der Waals surface area contributed by atoms with Crippen molar-refractivity contribution in [2.75, 3.05) is 93.5 Å². The summed E-state index contributed by atoms with van der Waals surface area (Å²) >= 11 is 23.3. The smallest absolute Gasteiger partial charge is 0.307 e. The van der Waals surface area contributed by atoms with Crippen molar-refractivity contribution in [2.24, 2.45) is 23.7 Å². The first-order chi connectivity index (χ1) is 52.9. The van der Waals surface area contributed by atoms with E-state index in [0.29, 0.717) is 66.1 Å². The van der Waals surface area contributed by atoms with Crippen LogP contribution in [0.2, 0.25) is 20.1 Å². The van der Waals surface area contributed by atoms with Gasteiger partial charge in [0.15, 0.2) is 0 Å². The number of phenolic OH excluding ortho intramolecular Hbond substituents is 1. The average Bonchev–Trinajstić information content (AvgIpc) is 0.897. The van der Waals surface area contributed by atoms with Crippen molar-refractivity contribution < 1.29 is 97.9 Å². The van der Waals surface area contributed by atoms with Crippen LogP contribution in [0.4, 0.5) is 4.39 Å². The average molecular weight is 1590 g/mol. The lowest BCUT2D eigenvalue weighted by molar-refractivity contribution is -0.141. The maximum atomic E-state index is 12.3. The number of aliphatic hydroxyl groups is 7. The lowest BCUT2D eigenvalue weighted by Gasteiger charge is -2.17. The Morgan fingerprint density at radius 1 is 0.382 bits per heavy atom. The molecule has 0 fully saturated rings. The number of phenols is 1. The van der Waals surface area contributed by atoms with Crippen molar-refractivity contribution in [3.05, 3.63) is 210 Å². The van der Waals surface area contributed by atoms with E-state index in [4.69, 9.17) is 132 Å². The normalized spacial score (nSPS) is 11.2. The molecule has 0 spiro atoms. The number of carbonyl (C=O) groups excluding carboxylic acids is 2. The van der Waals surface area contributed by atoms with Gasteiger partial charge in [0.2, 0.25) is 0 Å². The Morgan fingerprint density at radius 3 is 0.900 bits per heavy atom. The van der Waals surface area contributed by atoms with Crippen molar-refractivity contribution in [3.8, 4) is 94.3 Å². The molecule has 0 saturated heterocycles. The number of aromatic hydroxyl groups is 1. The predicted octanol–water partition coefficient (Wildman–Crippen LogP) is 12.0. The molecule has 0 bridgehead atoms. The minimum Gasteiger partial charge on any atom is -0.508 e. The lowest BCUT2D eigenvalue weighted by Crippen LogP contribution is -2.23. The molecule has 7 aromatic carbocycles. The summed E-state index contributed by atoms with van der Waals surface area (Å²) in [5, 5.41) is 116. The highest BCUT2D eigenvalue weighted by Crippen LogP contribution is 2.29. The van der Waals surface area contributed by atoms with E-state index in [-0.39, 0.29) is 163 Å². The number of aliphatic hydroxyl groups excluding tert-OH is 7. The van der Waals surface area contributed by atoms with Crippen molar-refractivity contribution >= 4 is 64.3 Å². The van der Waals surface area contributed by atoms with E-state index in [9.17, 15) is 29.0 Å². The number of carboxylic acids is 1. The van der Waals surface area contributed by atoms with Gasteiger partial charge in [0, 0.05) is 30.0 Å². The predicted molar refractivity (Wildman–Crippen MR) is 411 cm³/mol. The number of carbonyl (C=O) groups is 3. The topological polar surface area (TPSA) is 393 Å². The molecule has 23 nitrogen and oxygen atoms in total. The molecule has 7 aromatic rings. The Bertz CT molecular complexity index is 4330. The number of hydrogen-bond donors (Lipinski definition) is 9. The van der Waals surface area contributed by atoms with Crippen LogP contribution in [0.15, 0.2) is 146 Å². The number of ether oxygens (including phenoxy) is 7.